The summed E-state index contributed by atoms with van der Waals surface area (Å²) in [4.78, 5) is 0. The Morgan fingerprint density at radius 2 is 1.90 bits per heavy atom. The topological polar surface area (TPSA) is 44.5 Å². The Bertz CT molecular complexity index is 78.1. The zero-order valence-corrected chi connectivity index (χ0v) is 8.38. The highest BCUT2D eigenvalue weighted by atomic mass is 28.2. The Kier molecular flexibility index (Phi) is 5.91. The minimum absolute atomic E-state index is 0.0403. The van der Waals surface area contributed by atoms with Gasteiger partial charge < -0.3 is 15.2 Å². The van der Waals surface area contributed by atoms with Gasteiger partial charge in [0.25, 0.3) is 0 Å². The van der Waals surface area contributed by atoms with Gasteiger partial charge in [-0.1, -0.05) is 6.92 Å². The van der Waals surface area contributed by atoms with Gasteiger partial charge in [-0.2, -0.15) is 0 Å². The molecule has 0 saturated carbocycles. The molecule has 0 aliphatic carbocycles. The number of nitrogens with two attached hydrogens (primary N) is 1. The summed E-state index contributed by atoms with van der Waals surface area (Å²) < 4.78 is 10.1. The van der Waals surface area contributed by atoms with E-state index in [0.29, 0.717) is 5.54 Å². The Hall–Kier alpha value is 0.0969. The molecule has 0 radical (unpaired) electrons. The first-order chi connectivity index (χ1) is 4.74. The molecular formula is C6H17NO2Si. The maximum absolute atomic E-state index is 5.45. The fourth-order valence-electron chi connectivity index (χ4n) is 0.713. The third-order valence-electron chi connectivity index (χ3n) is 1.52. The Balaban J connectivity index is 3.41. The van der Waals surface area contributed by atoms with Crippen molar-refractivity contribution < 1.29 is 9.47 Å². The number of ether oxygens (including phenoxy) is 2. The zero-order valence-electron chi connectivity index (χ0n) is 6.96. The molecule has 0 aromatic carbocycles. The summed E-state index contributed by atoms with van der Waals surface area (Å²) in [5.74, 6) is 0.0403. The van der Waals surface area contributed by atoms with Crippen molar-refractivity contribution in [3.05, 3.63) is 0 Å². The first kappa shape index (κ1) is 10.1. The predicted molar refractivity (Wildman–Crippen MR) is 44.8 cm³/mol. The van der Waals surface area contributed by atoms with Crippen molar-refractivity contribution in [3.8, 4) is 0 Å². The standard InChI is InChI=1S/C6H17NO2Si/c1-5(4-7)10-6(8-2)9-3/h5-6H,4,7,10H2,1-3H3. The average molecular weight is 163 g/mol. The van der Waals surface area contributed by atoms with Gasteiger partial charge in [-0.3, -0.25) is 0 Å². The van der Waals surface area contributed by atoms with Gasteiger partial charge in [0.2, 0.25) is 0 Å². The summed E-state index contributed by atoms with van der Waals surface area (Å²) in [6, 6.07) is 0. The molecular weight excluding hydrogens is 146 g/mol. The highest BCUT2D eigenvalue weighted by Crippen LogP contribution is 2.01. The molecule has 0 fully saturated rings. The maximum Gasteiger partial charge on any atom is 0.134 e. The zero-order chi connectivity index (χ0) is 7.98. The lowest BCUT2D eigenvalue weighted by Crippen LogP contribution is -2.27. The molecule has 0 heterocycles. The van der Waals surface area contributed by atoms with Gasteiger partial charge in [0.1, 0.15) is 5.91 Å². The van der Waals surface area contributed by atoms with E-state index >= 15 is 0 Å². The van der Waals surface area contributed by atoms with Gasteiger partial charge in [-0.05, 0) is 12.1 Å². The van der Waals surface area contributed by atoms with Crippen LogP contribution in [0.1, 0.15) is 6.92 Å². The molecule has 1 unspecified atom stereocenters. The lowest BCUT2D eigenvalue weighted by Gasteiger charge is -2.15. The van der Waals surface area contributed by atoms with Crippen molar-refractivity contribution in [1.29, 1.82) is 0 Å². The van der Waals surface area contributed by atoms with Crippen LogP contribution >= 0.6 is 0 Å². The van der Waals surface area contributed by atoms with Crippen LogP contribution in [0.2, 0.25) is 5.54 Å². The molecule has 0 aromatic rings. The van der Waals surface area contributed by atoms with Crippen molar-refractivity contribution in [2.75, 3.05) is 20.8 Å². The smallest absolute Gasteiger partial charge is 0.134 e. The predicted octanol–water partition coefficient (Wildman–Crippen LogP) is -0.501. The normalized spacial score (nSPS) is 15.3. The second-order valence-corrected chi connectivity index (χ2v) is 5.01. The van der Waals surface area contributed by atoms with Crippen molar-refractivity contribution in [3.63, 3.8) is 0 Å². The molecule has 0 aliphatic heterocycles. The Morgan fingerprint density at radius 3 is 2.20 bits per heavy atom. The van der Waals surface area contributed by atoms with Crippen LogP contribution in [0.25, 0.3) is 0 Å². The summed E-state index contributed by atoms with van der Waals surface area (Å²) in [5, 5.41) is 0. The van der Waals surface area contributed by atoms with Gasteiger partial charge in [0.05, 0.1) is 9.52 Å². The van der Waals surface area contributed by atoms with Gasteiger partial charge in [-0.15, -0.1) is 0 Å². The number of methoxy groups -OCH3 is 2. The second kappa shape index (κ2) is 5.85. The van der Waals surface area contributed by atoms with Crippen molar-refractivity contribution in [2.45, 2.75) is 18.4 Å². The summed E-state index contributed by atoms with van der Waals surface area (Å²) in [6.07, 6.45) is 0. The average Bonchev–Trinajstić information content (AvgIpc) is 1.99. The molecule has 62 valence electrons. The van der Waals surface area contributed by atoms with E-state index < -0.39 is 0 Å². The number of rotatable bonds is 5. The maximum atomic E-state index is 5.45. The summed E-state index contributed by atoms with van der Waals surface area (Å²) in [7, 11) is 3.02. The molecule has 1 atom stereocenters. The summed E-state index contributed by atoms with van der Waals surface area (Å²) in [6.45, 7) is 2.88. The van der Waals surface area contributed by atoms with Crippen LogP contribution in [0.3, 0.4) is 0 Å². The number of hydrogen-bond donors (Lipinski definition) is 1. The van der Waals surface area contributed by atoms with E-state index in [9.17, 15) is 0 Å². The van der Waals surface area contributed by atoms with Gasteiger partial charge in [0, 0.05) is 14.2 Å². The Labute approximate surface area is 64.7 Å². The van der Waals surface area contributed by atoms with E-state index in [1.807, 2.05) is 0 Å². The lowest BCUT2D eigenvalue weighted by atomic mass is 10.5. The molecule has 0 rings (SSSR count). The minimum Gasteiger partial charge on any atom is -0.360 e. The quantitative estimate of drug-likeness (QED) is 0.439. The van der Waals surface area contributed by atoms with E-state index in [2.05, 4.69) is 6.92 Å². The molecule has 0 aromatic heterocycles. The van der Waals surface area contributed by atoms with Crippen LogP contribution in [0.4, 0.5) is 0 Å². The van der Waals surface area contributed by atoms with E-state index in [0.717, 1.165) is 6.54 Å². The van der Waals surface area contributed by atoms with Crippen molar-refractivity contribution >= 4 is 9.52 Å². The number of hydrogen-bond acceptors (Lipinski definition) is 3. The van der Waals surface area contributed by atoms with Crippen molar-refractivity contribution in [1.82, 2.24) is 0 Å². The molecule has 2 N–H and O–H groups in total. The highest BCUT2D eigenvalue weighted by molar-refractivity contribution is 6.38. The SMILES string of the molecule is COC(OC)[SiH2]C(C)CN. The molecule has 0 saturated heterocycles. The van der Waals surface area contributed by atoms with E-state index in [1.54, 1.807) is 14.2 Å². The first-order valence-corrected chi connectivity index (χ1v) is 5.13. The second-order valence-electron chi connectivity index (χ2n) is 2.48. The highest BCUT2D eigenvalue weighted by Gasteiger charge is 2.10. The van der Waals surface area contributed by atoms with E-state index in [4.69, 9.17) is 15.2 Å². The molecule has 3 nitrogen and oxygen atoms in total. The third-order valence-corrected chi connectivity index (χ3v) is 3.71. The Morgan fingerprint density at radius 1 is 1.40 bits per heavy atom. The van der Waals surface area contributed by atoms with Crippen LogP contribution in [-0.2, 0) is 9.47 Å². The van der Waals surface area contributed by atoms with Gasteiger partial charge >= 0.3 is 0 Å². The summed E-state index contributed by atoms with van der Waals surface area (Å²) in [5.41, 5.74) is 6.06. The monoisotopic (exact) mass is 163 g/mol. The minimum atomic E-state index is -0.320. The van der Waals surface area contributed by atoms with E-state index in [-0.39, 0.29) is 15.4 Å². The molecule has 0 amide bonds. The van der Waals surface area contributed by atoms with Crippen LogP contribution < -0.4 is 5.73 Å². The lowest BCUT2D eigenvalue weighted by molar-refractivity contribution is -0.0446. The molecule has 4 heteroatoms. The van der Waals surface area contributed by atoms with Crippen LogP contribution in [0.15, 0.2) is 0 Å². The van der Waals surface area contributed by atoms with Gasteiger partial charge in [-0.25, -0.2) is 0 Å². The first-order valence-electron chi connectivity index (χ1n) is 3.50. The third kappa shape index (κ3) is 4.00. The van der Waals surface area contributed by atoms with Gasteiger partial charge in [0.15, 0.2) is 0 Å². The van der Waals surface area contributed by atoms with Crippen LogP contribution in [0.5, 0.6) is 0 Å². The van der Waals surface area contributed by atoms with Crippen LogP contribution in [-0.4, -0.2) is 36.2 Å². The molecule has 0 spiro atoms. The molecule has 10 heavy (non-hydrogen) atoms. The van der Waals surface area contributed by atoms with Crippen LogP contribution in [0, 0.1) is 0 Å². The molecule has 0 aliphatic rings. The molecule has 0 bridgehead atoms. The fourth-order valence-corrected chi connectivity index (χ4v) is 1.95. The van der Waals surface area contributed by atoms with E-state index in [1.165, 1.54) is 0 Å². The summed E-state index contributed by atoms with van der Waals surface area (Å²) >= 11 is 0. The fraction of sp³-hybridized carbons (Fsp3) is 1.00. The van der Waals surface area contributed by atoms with Crippen molar-refractivity contribution in [2.24, 2.45) is 5.73 Å². The largest absolute Gasteiger partial charge is 0.360 e.